The van der Waals surface area contributed by atoms with E-state index < -0.39 is 0 Å². The van der Waals surface area contributed by atoms with Gasteiger partial charge in [-0.3, -0.25) is 4.98 Å². The highest BCUT2D eigenvalue weighted by molar-refractivity contribution is 5.72. The Morgan fingerprint density at radius 1 is 0.810 bits per heavy atom. The molecule has 2 nitrogen and oxygen atoms in total. The summed E-state index contributed by atoms with van der Waals surface area (Å²) in [5.74, 6) is 0. The number of benzene rings is 2. The molecule has 1 heterocycles. The van der Waals surface area contributed by atoms with E-state index in [2.05, 4.69) is 59.4 Å². The summed E-state index contributed by atoms with van der Waals surface area (Å²) in [6.45, 7) is 6.11. The van der Waals surface area contributed by atoms with Crippen LogP contribution in [0.2, 0.25) is 0 Å². The zero-order valence-corrected chi connectivity index (χ0v) is 12.6. The second-order valence-electron chi connectivity index (χ2n) is 5.34. The van der Waals surface area contributed by atoms with Crippen LogP contribution in [-0.4, -0.2) is 9.97 Å². The summed E-state index contributed by atoms with van der Waals surface area (Å²) < 4.78 is 0. The molecule has 0 aliphatic rings. The molecule has 0 atom stereocenters. The van der Waals surface area contributed by atoms with Crippen LogP contribution in [0.1, 0.15) is 17.0 Å². The summed E-state index contributed by atoms with van der Waals surface area (Å²) in [7, 11) is 0. The smallest absolute Gasteiger partial charge is 0.0920 e. The second kappa shape index (κ2) is 5.49. The van der Waals surface area contributed by atoms with Gasteiger partial charge in [-0.1, -0.05) is 48.5 Å². The van der Waals surface area contributed by atoms with Crippen LogP contribution in [0.25, 0.3) is 22.4 Å². The Morgan fingerprint density at radius 2 is 1.57 bits per heavy atom. The van der Waals surface area contributed by atoms with Crippen molar-refractivity contribution in [2.24, 2.45) is 0 Å². The molecule has 0 radical (unpaired) electrons. The molecule has 21 heavy (non-hydrogen) atoms. The monoisotopic (exact) mass is 274 g/mol. The zero-order chi connectivity index (χ0) is 14.8. The van der Waals surface area contributed by atoms with E-state index in [9.17, 15) is 0 Å². The van der Waals surface area contributed by atoms with Crippen LogP contribution in [-0.2, 0) is 0 Å². The van der Waals surface area contributed by atoms with Gasteiger partial charge in [0, 0.05) is 11.8 Å². The van der Waals surface area contributed by atoms with Gasteiger partial charge in [-0.15, -0.1) is 0 Å². The number of hydrogen-bond acceptors (Lipinski definition) is 2. The number of aryl methyl sites for hydroxylation is 3. The number of hydrogen-bond donors (Lipinski definition) is 0. The van der Waals surface area contributed by atoms with Gasteiger partial charge in [0.05, 0.1) is 17.1 Å². The van der Waals surface area contributed by atoms with Gasteiger partial charge in [0.15, 0.2) is 0 Å². The first-order valence-corrected chi connectivity index (χ1v) is 7.12. The summed E-state index contributed by atoms with van der Waals surface area (Å²) in [5, 5.41) is 0. The minimum atomic E-state index is 0.946. The Bertz CT molecular complexity index is 777. The molecule has 0 saturated carbocycles. The van der Waals surface area contributed by atoms with E-state index in [4.69, 9.17) is 0 Å². The largest absolute Gasteiger partial charge is 0.257 e. The number of rotatable bonds is 2. The Morgan fingerprint density at radius 3 is 2.29 bits per heavy atom. The van der Waals surface area contributed by atoms with E-state index in [1.807, 2.05) is 26.1 Å². The van der Waals surface area contributed by atoms with Crippen LogP contribution < -0.4 is 0 Å². The molecule has 1 aromatic heterocycles. The van der Waals surface area contributed by atoms with Crippen LogP contribution in [0, 0.1) is 20.8 Å². The Labute approximate surface area is 125 Å². The maximum atomic E-state index is 4.64. The first-order chi connectivity index (χ1) is 10.1. The standard InChI is InChI=1S/C19H18N2/c1-13-11-17(16-7-5-4-6-8-16)9-10-18(13)19-15(3)20-12-14(2)21-19/h4-12H,1-3H3. The van der Waals surface area contributed by atoms with Gasteiger partial charge in [0.2, 0.25) is 0 Å². The van der Waals surface area contributed by atoms with Gasteiger partial charge < -0.3 is 0 Å². The third-order valence-electron chi connectivity index (χ3n) is 3.66. The molecule has 0 aliphatic heterocycles. The lowest BCUT2D eigenvalue weighted by molar-refractivity contribution is 1.07. The lowest BCUT2D eigenvalue weighted by atomic mass is 9.97. The fourth-order valence-corrected chi connectivity index (χ4v) is 2.53. The highest BCUT2D eigenvalue weighted by Crippen LogP contribution is 2.28. The quantitative estimate of drug-likeness (QED) is 0.674. The maximum absolute atomic E-state index is 4.64. The lowest BCUT2D eigenvalue weighted by Gasteiger charge is -2.11. The highest BCUT2D eigenvalue weighted by Gasteiger charge is 2.09. The molecule has 104 valence electrons. The maximum Gasteiger partial charge on any atom is 0.0920 e. The fourth-order valence-electron chi connectivity index (χ4n) is 2.53. The van der Waals surface area contributed by atoms with E-state index in [1.54, 1.807) is 0 Å². The Balaban J connectivity index is 2.08. The predicted octanol–water partition coefficient (Wildman–Crippen LogP) is 4.74. The van der Waals surface area contributed by atoms with Crippen LogP contribution in [0.4, 0.5) is 0 Å². The third kappa shape index (κ3) is 2.70. The number of nitrogens with zero attached hydrogens (tertiary/aromatic N) is 2. The van der Waals surface area contributed by atoms with Crippen molar-refractivity contribution in [2.45, 2.75) is 20.8 Å². The van der Waals surface area contributed by atoms with Crippen molar-refractivity contribution in [3.63, 3.8) is 0 Å². The molecule has 0 N–H and O–H groups in total. The van der Waals surface area contributed by atoms with Gasteiger partial charge in [-0.05, 0) is 37.5 Å². The molecule has 2 aromatic carbocycles. The van der Waals surface area contributed by atoms with Crippen molar-refractivity contribution in [1.29, 1.82) is 0 Å². The van der Waals surface area contributed by atoms with Crippen molar-refractivity contribution in [1.82, 2.24) is 9.97 Å². The average Bonchev–Trinajstić information content (AvgIpc) is 2.51. The molecule has 0 saturated heterocycles. The molecule has 2 heteroatoms. The van der Waals surface area contributed by atoms with Crippen LogP contribution in [0.15, 0.2) is 54.7 Å². The van der Waals surface area contributed by atoms with Gasteiger partial charge in [0.25, 0.3) is 0 Å². The van der Waals surface area contributed by atoms with Crippen molar-refractivity contribution >= 4 is 0 Å². The van der Waals surface area contributed by atoms with Gasteiger partial charge in [-0.25, -0.2) is 4.98 Å². The molecular weight excluding hydrogens is 256 g/mol. The van der Waals surface area contributed by atoms with Gasteiger partial charge in [-0.2, -0.15) is 0 Å². The van der Waals surface area contributed by atoms with Crippen molar-refractivity contribution in [3.8, 4) is 22.4 Å². The highest BCUT2D eigenvalue weighted by atomic mass is 14.8. The topological polar surface area (TPSA) is 25.8 Å². The normalized spacial score (nSPS) is 10.6. The third-order valence-corrected chi connectivity index (χ3v) is 3.66. The minimum Gasteiger partial charge on any atom is -0.257 e. The van der Waals surface area contributed by atoms with E-state index in [0.717, 1.165) is 22.6 Å². The second-order valence-corrected chi connectivity index (χ2v) is 5.34. The van der Waals surface area contributed by atoms with Crippen molar-refractivity contribution in [3.05, 3.63) is 71.7 Å². The lowest BCUT2D eigenvalue weighted by Crippen LogP contribution is -1.96. The molecular formula is C19H18N2. The molecule has 0 amide bonds. The molecule has 0 fully saturated rings. The van der Waals surface area contributed by atoms with E-state index in [-0.39, 0.29) is 0 Å². The van der Waals surface area contributed by atoms with Crippen LogP contribution >= 0.6 is 0 Å². The SMILES string of the molecule is Cc1cnc(C)c(-c2ccc(-c3ccccc3)cc2C)n1. The zero-order valence-electron chi connectivity index (χ0n) is 12.6. The first-order valence-electron chi connectivity index (χ1n) is 7.12. The fraction of sp³-hybridized carbons (Fsp3) is 0.158. The first kappa shape index (κ1) is 13.5. The van der Waals surface area contributed by atoms with Crippen molar-refractivity contribution in [2.75, 3.05) is 0 Å². The van der Waals surface area contributed by atoms with Gasteiger partial charge in [0.1, 0.15) is 0 Å². The molecule has 0 bridgehead atoms. The summed E-state index contributed by atoms with van der Waals surface area (Å²) in [6, 6.07) is 16.9. The number of aromatic nitrogens is 2. The Kier molecular flexibility index (Phi) is 3.53. The molecule has 3 aromatic rings. The van der Waals surface area contributed by atoms with E-state index in [1.165, 1.54) is 16.7 Å². The molecule has 0 unspecified atom stereocenters. The van der Waals surface area contributed by atoms with E-state index in [0.29, 0.717) is 0 Å². The average molecular weight is 274 g/mol. The van der Waals surface area contributed by atoms with Crippen LogP contribution in [0.5, 0.6) is 0 Å². The van der Waals surface area contributed by atoms with Gasteiger partial charge >= 0.3 is 0 Å². The van der Waals surface area contributed by atoms with Crippen molar-refractivity contribution < 1.29 is 0 Å². The summed E-state index contributed by atoms with van der Waals surface area (Å²) in [6.07, 6.45) is 1.81. The molecule has 0 spiro atoms. The van der Waals surface area contributed by atoms with E-state index >= 15 is 0 Å². The van der Waals surface area contributed by atoms with Crippen LogP contribution in [0.3, 0.4) is 0 Å². The minimum absolute atomic E-state index is 0.946. The summed E-state index contributed by atoms with van der Waals surface area (Å²) >= 11 is 0. The summed E-state index contributed by atoms with van der Waals surface area (Å²) in [5.41, 5.74) is 7.74. The Hall–Kier alpha value is -2.48. The summed E-state index contributed by atoms with van der Waals surface area (Å²) in [4.78, 5) is 9.06. The molecule has 0 aliphatic carbocycles. The molecule has 3 rings (SSSR count). The predicted molar refractivity (Wildman–Crippen MR) is 87.1 cm³/mol.